The van der Waals surface area contributed by atoms with Crippen LogP contribution in [0.4, 0.5) is 13.2 Å². The molecule has 1 rings (SSSR count). The van der Waals surface area contributed by atoms with Crippen LogP contribution in [-0.2, 0) is 5.60 Å². The summed E-state index contributed by atoms with van der Waals surface area (Å²) in [5, 5.41) is 13.2. The van der Waals surface area contributed by atoms with Gasteiger partial charge in [-0.15, -0.1) is 0 Å². The van der Waals surface area contributed by atoms with E-state index >= 15 is 0 Å². The van der Waals surface area contributed by atoms with Gasteiger partial charge in [-0.25, -0.2) is 0 Å². The van der Waals surface area contributed by atoms with Gasteiger partial charge in [0.25, 0.3) is 0 Å². The molecule has 112 valence electrons. The zero-order valence-corrected chi connectivity index (χ0v) is 12.0. The van der Waals surface area contributed by atoms with Gasteiger partial charge >= 0.3 is 6.18 Å². The fourth-order valence-electron chi connectivity index (χ4n) is 1.86. The van der Waals surface area contributed by atoms with E-state index in [4.69, 9.17) is 11.6 Å². The average molecular weight is 308 g/mol. The Morgan fingerprint density at radius 2 is 1.80 bits per heavy atom. The minimum absolute atomic E-state index is 0.0646. The van der Waals surface area contributed by atoms with Gasteiger partial charge in [0, 0.05) is 23.2 Å². The molecule has 2 nitrogen and oxygen atoms in total. The Kier molecular flexibility index (Phi) is 5.10. The van der Waals surface area contributed by atoms with Crippen LogP contribution in [0, 0.1) is 0 Å². The van der Waals surface area contributed by atoms with E-state index in [1.165, 1.54) is 24.3 Å². The van der Waals surface area contributed by atoms with Gasteiger partial charge in [0.15, 0.2) is 5.60 Å². The van der Waals surface area contributed by atoms with Crippen molar-refractivity contribution in [2.24, 2.45) is 0 Å². The van der Waals surface area contributed by atoms with Crippen LogP contribution < -0.4 is 5.32 Å². The van der Waals surface area contributed by atoms with Crippen LogP contribution in [0.25, 0.3) is 0 Å². The van der Waals surface area contributed by atoms with Gasteiger partial charge in [-0.1, -0.05) is 30.3 Å². The van der Waals surface area contributed by atoms with Gasteiger partial charge in [-0.2, -0.15) is 13.2 Å². The summed E-state index contributed by atoms with van der Waals surface area (Å²) in [6, 6.07) is 4.89. The summed E-state index contributed by atoms with van der Waals surface area (Å²) in [5.74, 6) is 0. The summed E-state index contributed by atoms with van der Waals surface area (Å²) in [5.41, 5.74) is -3.13. The second kappa shape index (κ2) is 6.06. The molecule has 0 saturated heterocycles. The normalized spacial score (nSPS) is 15.0. The fourth-order valence-corrected chi connectivity index (χ4v) is 1.99. The highest BCUT2D eigenvalue weighted by molar-refractivity contribution is 6.30. The first-order valence-corrected chi connectivity index (χ1v) is 6.43. The molecule has 0 saturated carbocycles. The summed E-state index contributed by atoms with van der Waals surface area (Å²) in [7, 11) is 0. The molecule has 1 atom stereocenters. The van der Waals surface area contributed by atoms with Crippen LogP contribution in [-0.4, -0.2) is 17.3 Å². The van der Waals surface area contributed by atoms with E-state index in [1.807, 2.05) is 0 Å². The topological polar surface area (TPSA) is 32.3 Å². The minimum atomic E-state index is -4.82. The third kappa shape index (κ3) is 3.90. The summed E-state index contributed by atoms with van der Waals surface area (Å²) >= 11 is 5.66. The first kappa shape index (κ1) is 16.9. The summed E-state index contributed by atoms with van der Waals surface area (Å²) in [6.45, 7) is 7.10. The molecule has 0 fully saturated rings. The van der Waals surface area contributed by atoms with Crippen LogP contribution >= 0.6 is 11.6 Å². The summed E-state index contributed by atoms with van der Waals surface area (Å²) in [6.07, 6.45) is -5.47. The van der Waals surface area contributed by atoms with Crippen molar-refractivity contribution in [1.82, 2.24) is 5.32 Å². The summed E-state index contributed by atoms with van der Waals surface area (Å²) < 4.78 is 39.7. The third-order valence-corrected chi connectivity index (χ3v) is 3.00. The van der Waals surface area contributed by atoms with E-state index < -0.39 is 18.2 Å². The molecule has 0 aromatic heterocycles. The molecule has 0 amide bonds. The Morgan fingerprint density at radius 3 is 2.20 bits per heavy atom. The van der Waals surface area contributed by atoms with Crippen molar-refractivity contribution >= 4 is 11.6 Å². The molecule has 20 heavy (non-hydrogen) atoms. The van der Waals surface area contributed by atoms with Crippen molar-refractivity contribution in [1.29, 1.82) is 0 Å². The van der Waals surface area contributed by atoms with E-state index in [1.54, 1.807) is 13.8 Å². The molecule has 0 radical (unpaired) electrons. The molecule has 0 aliphatic carbocycles. The van der Waals surface area contributed by atoms with Crippen molar-refractivity contribution in [2.75, 3.05) is 0 Å². The molecule has 1 aromatic carbocycles. The number of hydrogen-bond acceptors (Lipinski definition) is 2. The van der Waals surface area contributed by atoms with Crippen molar-refractivity contribution in [3.05, 3.63) is 47.1 Å². The average Bonchev–Trinajstić information content (AvgIpc) is 2.26. The molecule has 0 spiro atoms. The number of alkyl halides is 3. The maximum atomic E-state index is 13.2. The van der Waals surface area contributed by atoms with Crippen LogP contribution in [0.2, 0.25) is 5.02 Å². The molecule has 1 aromatic rings. The van der Waals surface area contributed by atoms with Gasteiger partial charge in [0.2, 0.25) is 0 Å². The standard InChI is InChI=1S/C14H17ClF3NO/c1-9(2)19-10(3)8-13(20,14(16,17)18)11-4-6-12(15)7-5-11/h4-7,9,19-20H,3,8H2,1-2H3. The Labute approximate surface area is 121 Å². The number of aliphatic hydroxyl groups is 1. The highest BCUT2D eigenvalue weighted by atomic mass is 35.5. The van der Waals surface area contributed by atoms with E-state index in [0.717, 1.165) is 0 Å². The fraction of sp³-hybridized carbons (Fsp3) is 0.429. The Bertz CT molecular complexity index is 470. The third-order valence-electron chi connectivity index (χ3n) is 2.75. The second-order valence-corrected chi connectivity index (χ2v) is 5.38. The zero-order valence-electron chi connectivity index (χ0n) is 11.3. The molecule has 0 bridgehead atoms. The zero-order chi connectivity index (χ0) is 15.6. The van der Waals surface area contributed by atoms with Gasteiger partial charge in [-0.3, -0.25) is 0 Å². The van der Waals surface area contributed by atoms with E-state index in [9.17, 15) is 18.3 Å². The Hall–Kier alpha value is -1.20. The number of benzene rings is 1. The van der Waals surface area contributed by atoms with Gasteiger partial charge < -0.3 is 10.4 Å². The molecular formula is C14H17ClF3NO. The van der Waals surface area contributed by atoms with Crippen LogP contribution in [0.3, 0.4) is 0 Å². The first-order chi connectivity index (χ1) is 9.06. The number of rotatable bonds is 5. The molecule has 0 aliphatic heterocycles. The highest BCUT2D eigenvalue weighted by Crippen LogP contribution is 2.43. The minimum Gasteiger partial charge on any atom is -0.387 e. The maximum Gasteiger partial charge on any atom is 0.421 e. The number of hydrogen-bond donors (Lipinski definition) is 2. The largest absolute Gasteiger partial charge is 0.421 e. The molecule has 6 heteroatoms. The van der Waals surface area contributed by atoms with Crippen molar-refractivity contribution in [2.45, 2.75) is 38.1 Å². The van der Waals surface area contributed by atoms with E-state index in [2.05, 4.69) is 11.9 Å². The lowest BCUT2D eigenvalue weighted by molar-refractivity contribution is -0.266. The summed E-state index contributed by atoms with van der Waals surface area (Å²) in [4.78, 5) is 0. The molecule has 0 aliphatic rings. The molecular weight excluding hydrogens is 291 g/mol. The van der Waals surface area contributed by atoms with Gasteiger partial charge in [0.05, 0.1) is 0 Å². The second-order valence-electron chi connectivity index (χ2n) is 4.94. The highest BCUT2D eigenvalue weighted by Gasteiger charge is 2.55. The number of nitrogens with one attached hydrogen (secondary N) is 1. The van der Waals surface area contributed by atoms with Crippen LogP contribution in [0.5, 0.6) is 0 Å². The van der Waals surface area contributed by atoms with E-state index in [0.29, 0.717) is 5.02 Å². The van der Waals surface area contributed by atoms with E-state index in [-0.39, 0.29) is 17.3 Å². The molecule has 1 unspecified atom stereocenters. The Morgan fingerprint density at radius 1 is 1.30 bits per heavy atom. The maximum absolute atomic E-state index is 13.2. The van der Waals surface area contributed by atoms with Crippen molar-refractivity contribution in [3.63, 3.8) is 0 Å². The van der Waals surface area contributed by atoms with Crippen molar-refractivity contribution < 1.29 is 18.3 Å². The lowest BCUT2D eigenvalue weighted by atomic mass is 9.88. The SMILES string of the molecule is C=C(CC(O)(c1ccc(Cl)cc1)C(F)(F)F)NC(C)C. The van der Waals surface area contributed by atoms with Crippen LogP contribution in [0.1, 0.15) is 25.8 Å². The lowest BCUT2D eigenvalue weighted by Gasteiger charge is -2.32. The smallest absolute Gasteiger partial charge is 0.387 e. The number of halogens is 4. The first-order valence-electron chi connectivity index (χ1n) is 6.05. The van der Waals surface area contributed by atoms with Crippen LogP contribution in [0.15, 0.2) is 36.5 Å². The monoisotopic (exact) mass is 307 g/mol. The predicted molar refractivity (Wildman–Crippen MR) is 73.4 cm³/mol. The molecule has 0 heterocycles. The van der Waals surface area contributed by atoms with Gasteiger partial charge in [-0.05, 0) is 31.5 Å². The van der Waals surface area contributed by atoms with Gasteiger partial charge in [0.1, 0.15) is 0 Å². The Balaban J connectivity index is 3.11. The predicted octanol–water partition coefficient (Wildman–Crippen LogP) is 3.99. The quantitative estimate of drug-likeness (QED) is 0.862. The lowest BCUT2D eigenvalue weighted by Crippen LogP contribution is -2.44. The molecule has 2 N–H and O–H groups in total. The van der Waals surface area contributed by atoms with Crippen molar-refractivity contribution in [3.8, 4) is 0 Å².